The second-order valence-corrected chi connectivity index (χ2v) is 7.11. The molecule has 3 N–H and O–H groups in total. The Labute approximate surface area is 167 Å². The Kier molecular flexibility index (Phi) is 6.34. The molecule has 10 nitrogen and oxygen atoms in total. The Morgan fingerprint density at radius 1 is 0.893 bits per heavy atom. The summed E-state index contributed by atoms with van der Waals surface area (Å²) in [7, 11) is 1.55. The van der Waals surface area contributed by atoms with Crippen LogP contribution in [0, 0.1) is 0 Å². The molecule has 28 heavy (non-hydrogen) atoms. The first kappa shape index (κ1) is 19.5. The van der Waals surface area contributed by atoms with Crippen LogP contribution in [0.3, 0.4) is 0 Å². The van der Waals surface area contributed by atoms with Crippen LogP contribution in [-0.2, 0) is 22.4 Å². The summed E-state index contributed by atoms with van der Waals surface area (Å²) in [6.45, 7) is 0. The quantitative estimate of drug-likeness (QED) is 0.523. The Morgan fingerprint density at radius 3 is 2.07 bits per heavy atom. The molecule has 0 fully saturated rings. The summed E-state index contributed by atoms with van der Waals surface area (Å²) in [5.41, 5.74) is 1.09. The Bertz CT molecular complexity index is 987. The number of nitrogens with one attached hydrogen (secondary N) is 3. The van der Waals surface area contributed by atoms with E-state index in [-0.39, 0.29) is 30.5 Å². The van der Waals surface area contributed by atoms with E-state index < -0.39 is 5.91 Å². The molecule has 0 atom stereocenters. The number of hydrogen-bond acceptors (Lipinski definition) is 9. The highest BCUT2D eigenvalue weighted by Crippen LogP contribution is 2.18. The van der Waals surface area contributed by atoms with Crippen LogP contribution in [0.1, 0.15) is 22.0 Å². The molecule has 3 amide bonds. The Balaban J connectivity index is 1.52. The fourth-order valence-corrected chi connectivity index (χ4v) is 3.47. The second-order valence-electron chi connectivity index (χ2n) is 5.39. The van der Waals surface area contributed by atoms with E-state index >= 15 is 0 Å². The summed E-state index contributed by atoms with van der Waals surface area (Å²) in [6, 6.07) is 1.61. The van der Waals surface area contributed by atoms with Crippen molar-refractivity contribution in [3.8, 4) is 0 Å². The van der Waals surface area contributed by atoms with Crippen LogP contribution < -0.4 is 16.0 Å². The van der Waals surface area contributed by atoms with Crippen molar-refractivity contribution >= 4 is 50.7 Å². The summed E-state index contributed by atoms with van der Waals surface area (Å²) in [6.07, 6.45) is 3.12. The van der Waals surface area contributed by atoms with E-state index in [2.05, 4.69) is 35.9 Å². The van der Waals surface area contributed by atoms with Gasteiger partial charge in [0.2, 0.25) is 17.6 Å². The van der Waals surface area contributed by atoms with Gasteiger partial charge in [-0.3, -0.25) is 19.7 Å². The summed E-state index contributed by atoms with van der Waals surface area (Å²) in [4.78, 5) is 51.6. The van der Waals surface area contributed by atoms with Crippen LogP contribution in [0.25, 0.3) is 0 Å². The van der Waals surface area contributed by atoms with Crippen molar-refractivity contribution in [1.82, 2.24) is 25.3 Å². The normalized spacial score (nSPS) is 10.3. The molecule has 0 aromatic carbocycles. The number of carbonyl (C=O) groups is 3. The summed E-state index contributed by atoms with van der Waals surface area (Å²) < 4.78 is 0. The standard InChI is InChI=1S/C16H15N7O3S2/c1-17-11(24)5-9-7-27-15(20-9)22-12(25)6-10-8-28-16(21-10)23-14(26)13-18-3-2-4-19-13/h2-4,7-8H,5-6H2,1H3,(H,17,24)(H,20,22,25)(H,21,23,26). The molecule has 12 heteroatoms. The lowest BCUT2D eigenvalue weighted by Gasteiger charge is -2.00. The zero-order valence-electron chi connectivity index (χ0n) is 14.6. The molecule has 0 saturated heterocycles. The molecule has 0 bridgehead atoms. The van der Waals surface area contributed by atoms with Crippen LogP contribution in [0.5, 0.6) is 0 Å². The van der Waals surface area contributed by atoms with Crippen LogP contribution in [0.2, 0.25) is 0 Å². The van der Waals surface area contributed by atoms with E-state index in [4.69, 9.17) is 0 Å². The van der Waals surface area contributed by atoms with Gasteiger partial charge in [0.25, 0.3) is 5.91 Å². The Morgan fingerprint density at radius 2 is 1.46 bits per heavy atom. The minimum absolute atomic E-state index is 0.0264. The molecular formula is C16H15N7O3S2. The number of aromatic nitrogens is 4. The third kappa shape index (κ3) is 5.37. The highest BCUT2D eigenvalue weighted by Gasteiger charge is 2.14. The van der Waals surface area contributed by atoms with Crippen LogP contribution in [0.15, 0.2) is 29.2 Å². The molecule has 0 radical (unpaired) electrons. The van der Waals surface area contributed by atoms with E-state index in [1.165, 1.54) is 35.1 Å². The van der Waals surface area contributed by atoms with E-state index in [0.29, 0.717) is 21.7 Å². The lowest BCUT2D eigenvalue weighted by Crippen LogP contribution is -2.20. The zero-order chi connectivity index (χ0) is 19.9. The smallest absolute Gasteiger partial charge is 0.295 e. The van der Waals surface area contributed by atoms with Gasteiger partial charge in [-0.2, -0.15) is 0 Å². The van der Waals surface area contributed by atoms with E-state index in [0.717, 1.165) is 0 Å². The monoisotopic (exact) mass is 417 g/mol. The second kappa shape index (κ2) is 9.10. The number of amides is 3. The molecule has 0 aliphatic rings. The summed E-state index contributed by atoms with van der Waals surface area (Å²) in [5.74, 6) is -0.887. The molecule has 0 saturated carbocycles. The zero-order valence-corrected chi connectivity index (χ0v) is 16.3. The number of nitrogens with zero attached hydrogens (tertiary/aromatic N) is 4. The molecule has 0 spiro atoms. The molecular weight excluding hydrogens is 402 g/mol. The predicted octanol–water partition coefficient (Wildman–Crippen LogP) is 1.11. The van der Waals surface area contributed by atoms with Crippen LogP contribution in [0.4, 0.5) is 10.3 Å². The molecule has 3 heterocycles. The van der Waals surface area contributed by atoms with Crippen molar-refractivity contribution in [3.63, 3.8) is 0 Å². The third-order valence-corrected chi connectivity index (χ3v) is 4.91. The van der Waals surface area contributed by atoms with Gasteiger partial charge in [0.15, 0.2) is 10.3 Å². The fourth-order valence-electron chi connectivity index (χ4n) is 2.04. The number of hydrogen-bond donors (Lipinski definition) is 3. The first-order valence-corrected chi connectivity index (χ1v) is 9.77. The number of anilines is 2. The molecule has 0 aliphatic carbocycles. The predicted molar refractivity (Wildman–Crippen MR) is 104 cm³/mol. The van der Waals surface area contributed by atoms with Crippen molar-refractivity contribution in [3.05, 3.63) is 46.4 Å². The topological polar surface area (TPSA) is 139 Å². The number of likely N-dealkylation sites (N-methyl/N-ethyl adjacent to an activating group) is 1. The van der Waals surface area contributed by atoms with Crippen LogP contribution >= 0.6 is 22.7 Å². The van der Waals surface area contributed by atoms with Crippen molar-refractivity contribution in [2.45, 2.75) is 12.8 Å². The maximum absolute atomic E-state index is 12.2. The maximum atomic E-state index is 12.2. The average Bonchev–Trinajstić information content (AvgIpc) is 3.31. The maximum Gasteiger partial charge on any atom is 0.295 e. The molecule has 0 aliphatic heterocycles. The summed E-state index contributed by atoms with van der Waals surface area (Å²) >= 11 is 2.44. The number of thiazole rings is 2. The van der Waals surface area contributed by atoms with Gasteiger partial charge in [0.05, 0.1) is 24.2 Å². The molecule has 3 rings (SSSR count). The molecule has 3 aromatic heterocycles. The highest BCUT2D eigenvalue weighted by molar-refractivity contribution is 7.14. The van der Waals surface area contributed by atoms with E-state index in [1.54, 1.807) is 23.9 Å². The van der Waals surface area contributed by atoms with E-state index in [9.17, 15) is 14.4 Å². The number of carbonyl (C=O) groups excluding carboxylic acids is 3. The molecule has 144 valence electrons. The average molecular weight is 417 g/mol. The van der Waals surface area contributed by atoms with Crippen LogP contribution in [-0.4, -0.2) is 44.7 Å². The molecule has 3 aromatic rings. The Hall–Kier alpha value is -3.25. The van der Waals surface area contributed by atoms with Crippen molar-refractivity contribution < 1.29 is 14.4 Å². The van der Waals surface area contributed by atoms with Gasteiger partial charge in [-0.05, 0) is 6.07 Å². The number of rotatable bonds is 7. The lowest BCUT2D eigenvalue weighted by molar-refractivity contribution is -0.120. The van der Waals surface area contributed by atoms with Gasteiger partial charge in [-0.15, -0.1) is 22.7 Å². The minimum atomic E-state index is -0.475. The van der Waals surface area contributed by atoms with Gasteiger partial charge < -0.3 is 10.6 Å². The minimum Gasteiger partial charge on any atom is -0.359 e. The first-order valence-electron chi connectivity index (χ1n) is 8.01. The van der Waals surface area contributed by atoms with E-state index in [1.807, 2.05) is 0 Å². The highest BCUT2D eigenvalue weighted by atomic mass is 32.1. The van der Waals surface area contributed by atoms with Gasteiger partial charge in [-0.25, -0.2) is 19.9 Å². The largest absolute Gasteiger partial charge is 0.359 e. The van der Waals surface area contributed by atoms with Crippen molar-refractivity contribution in [2.24, 2.45) is 0 Å². The van der Waals surface area contributed by atoms with Crippen molar-refractivity contribution in [2.75, 3.05) is 17.7 Å². The molecule has 0 unspecified atom stereocenters. The van der Waals surface area contributed by atoms with Gasteiger partial charge in [-0.1, -0.05) is 0 Å². The lowest BCUT2D eigenvalue weighted by atomic mass is 10.3. The fraction of sp³-hybridized carbons (Fsp3) is 0.188. The third-order valence-electron chi connectivity index (χ3n) is 3.30. The van der Waals surface area contributed by atoms with Gasteiger partial charge in [0, 0.05) is 30.2 Å². The summed E-state index contributed by atoms with van der Waals surface area (Å²) in [5, 5.41) is 11.9. The van der Waals surface area contributed by atoms with Gasteiger partial charge in [0.1, 0.15) is 0 Å². The van der Waals surface area contributed by atoms with Crippen molar-refractivity contribution in [1.29, 1.82) is 0 Å². The van der Waals surface area contributed by atoms with Gasteiger partial charge >= 0.3 is 0 Å². The first-order chi connectivity index (χ1) is 13.5. The SMILES string of the molecule is CNC(=O)Cc1csc(NC(=O)Cc2csc(NC(=O)c3ncccn3)n2)n1.